The van der Waals surface area contributed by atoms with Gasteiger partial charge in [-0.1, -0.05) is 24.3 Å². The molecule has 3 rings (SSSR count). The van der Waals surface area contributed by atoms with Crippen LogP contribution in [0.5, 0.6) is 5.75 Å². The van der Waals surface area contributed by atoms with Crippen LogP contribution in [0.25, 0.3) is 0 Å². The number of fused-ring (bicyclic) bond motifs is 1. The Morgan fingerprint density at radius 1 is 0.920 bits per heavy atom. The van der Waals surface area contributed by atoms with Gasteiger partial charge in [0.2, 0.25) is 0 Å². The topological polar surface area (TPSA) is 90.9 Å². The molecule has 2 aromatic carbocycles. The third-order valence-electron chi connectivity index (χ3n) is 4.10. The second-order valence-electron chi connectivity index (χ2n) is 5.28. The summed E-state index contributed by atoms with van der Waals surface area (Å²) in [6.07, 6.45) is 0. The van der Waals surface area contributed by atoms with Gasteiger partial charge in [0, 0.05) is 0 Å². The Morgan fingerprint density at radius 3 is 1.80 bits per heavy atom. The van der Waals surface area contributed by atoms with Gasteiger partial charge in [-0.15, -0.1) is 23.3 Å². The smallest absolute Gasteiger partial charge is 0.497 e. The summed E-state index contributed by atoms with van der Waals surface area (Å²) in [6.45, 7) is 0. The SMILES string of the molecule is COc1ccc(C(C#N)(C#N)[C-]2C(=O)c3ccccc3C2=O)cc1.[K+]. The third-order valence-corrected chi connectivity index (χ3v) is 4.10. The largest absolute Gasteiger partial charge is 1.00 e. The average Bonchev–Trinajstić information content (AvgIpc) is 2.90. The quantitative estimate of drug-likeness (QED) is 0.554. The van der Waals surface area contributed by atoms with Crippen LogP contribution in [0, 0.1) is 28.6 Å². The van der Waals surface area contributed by atoms with E-state index in [1.165, 1.54) is 31.4 Å². The Labute approximate surface area is 187 Å². The first kappa shape index (κ1) is 19.4. The summed E-state index contributed by atoms with van der Waals surface area (Å²) in [5, 5.41) is 19.4. The predicted molar refractivity (Wildman–Crippen MR) is 84.2 cm³/mol. The Morgan fingerprint density at radius 2 is 1.40 bits per heavy atom. The van der Waals surface area contributed by atoms with Crippen molar-refractivity contribution < 1.29 is 65.7 Å². The summed E-state index contributed by atoms with van der Waals surface area (Å²) in [4.78, 5) is 25.4. The van der Waals surface area contributed by atoms with Crippen LogP contribution >= 0.6 is 0 Å². The molecule has 0 fully saturated rings. The Hall–Kier alpha value is -1.93. The maximum atomic E-state index is 12.7. The molecule has 5 nitrogen and oxygen atoms in total. The van der Waals surface area contributed by atoms with Crippen molar-refractivity contribution in [2.45, 2.75) is 5.41 Å². The van der Waals surface area contributed by atoms with Gasteiger partial charge in [0.05, 0.1) is 30.8 Å². The van der Waals surface area contributed by atoms with Crippen molar-refractivity contribution in [2.24, 2.45) is 0 Å². The molecule has 0 radical (unpaired) electrons. The second kappa shape index (κ2) is 7.53. The summed E-state index contributed by atoms with van der Waals surface area (Å²) < 4.78 is 5.06. The van der Waals surface area contributed by atoms with Crippen molar-refractivity contribution >= 4 is 11.6 Å². The van der Waals surface area contributed by atoms with Gasteiger partial charge in [0.1, 0.15) is 5.75 Å². The van der Waals surface area contributed by atoms with Gasteiger partial charge in [-0.2, -0.15) is 10.5 Å². The Balaban J connectivity index is 0.00000225. The van der Waals surface area contributed by atoms with Crippen LogP contribution in [0.1, 0.15) is 26.3 Å². The van der Waals surface area contributed by atoms with Gasteiger partial charge in [-0.3, -0.25) is 0 Å². The van der Waals surface area contributed by atoms with Crippen LogP contribution in [0.2, 0.25) is 0 Å². The van der Waals surface area contributed by atoms with Crippen LogP contribution in [0.15, 0.2) is 48.5 Å². The number of rotatable bonds is 3. The van der Waals surface area contributed by atoms with E-state index in [1.54, 1.807) is 24.3 Å². The Bertz CT molecular complexity index is 874. The molecule has 0 amide bonds. The zero-order valence-corrected chi connectivity index (χ0v) is 16.9. The minimum absolute atomic E-state index is 0. The van der Waals surface area contributed by atoms with E-state index in [0.717, 1.165) is 0 Å². The molecule has 0 N–H and O–H groups in total. The summed E-state index contributed by atoms with van der Waals surface area (Å²) in [5.74, 6) is -0.927. The van der Waals surface area contributed by atoms with E-state index >= 15 is 0 Å². The van der Waals surface area contributed by atoms with Crippen molar-refractivity contribution in [1.29, 1.82) is 10.5 Å². The zero-order valence-electron chi connectivity index (χ0n) is 13.7. The third kappa shape index (κ3) is 2.93. The van der Waals surface area contributed by atoms with E-state index < -0.39 is 17.0 Å². The number of benzene rings is 2. The molecule has 2 aromatic rings. The minimum atomic E-state index is -1.96. The van der Waals surface area contributed by atoms with Gasteiger partial charge < -0.3 is 14.3 Å². The number of methoxy groups -OCH3 is 1. The average molecular weight is 354 g/mol. The molecule has 0 heterocycles. The summed E-state index contributed by atoms with van der Waals surface area (Å²) >= 11 is 0. The molecule has 0 aliphatic heterocycles. The number of carbonyl (C=O) groups excluding carboxylic acids is 2. The van der Waals surface area contributed by atoms with E-state index in [2.05, 4.69) is 0 Å². The van der Waals surface area contributed by atoms with Gasteiger partial charge in [0.15, 0.2) is 5.41 Å². The normalized spacial score (nSPS) is 12.7. The number of hydrogen-bond acceptors (Lipinski definition) is 5. The number of hydrogen-bond donors (Lipinski definition) is 0. The zero-order chi connectivity index (χ0) is 17.3. The molecule has 1 aliphatic rings. The predicted octanol–water partition coefficient (Wildman–Crippen LogP) is -0.362. The van der Waals surface area contributed by atoms with Gasteiger partial charge >= 0.3 is 51.4 Å². The van der Waals surface area contributed by atoms with Crippen LogP contribution < -0.4 is 56.1 Å². The van der Waals surface area contributed by atoms with Crippen molar-refractivity contribution in [3.63, 3.8) is 0 Å². The summed E-state index contributed by atoms with van der Waals surface area (Å²) in [6, 6.07) is 16.3. The Kier molecular flexibility index (Phi) is 5.84. The molecule has 0 unspecified atom stereocenters. The molecule has 0 atom stereocenters. The van der Waals surface area contributed by atoms with Crippen molar-refractivity contribution in [1.82, 2.24) is 0 Å². The molecular weight excluding hydrogens is 343 g/mol. The number of carbonyl (C=O) groups is 2. The maximum absolute atomic E-state index is 12.7. The standard InChI is InChI=1S/C19H11N2O3.K/c1-24-13-8-6-12(7-9-13)19(10-20,11-21)16-17(22)14-4-2-3-5-15(14)18(16)23;/h2-9H,1H3;/q-1;+1. The fraction of sp³-hybridized carbons (Fsp3) is 0.105. The van der Waals surface area contributed by atoms with E-state index in [9.17, 15) is 20.1 Å². The number of ether oxygens (including phenoxy) is 1. The van der Waals surface area contributed by atoms with Gasteiger partial charge in [-0.25, -0.2) is 0 Å². The summed E-state index contributed by atoms with van der Waals surface area (Å²) in [7, 11) is 1.49. The monoisotopic (exact) mass is 354 g/mol. The first-order chi connectivity index (χ1) is 11.6. The number of ketones is 2. The molecule has 0 saturated heterocycles. The molecule has 116 valence electrons. The molecule has 25 heavy (non-hydrogen) atoms. The van der Waals surface area contributed by atoms with Crippen molar-refractivity contribution in [3.8, 4) is 17.9 Å². The first-order valence-corrected chi connectivity index (χ1v) is 7.12. The van der Waals surface area contributed by atoms with E-state index in [1.807, 2.05) is 12.1 Å². The van der Waals surface area contributed by atoms with E-state index in [4.69, 9.17) is 4.74 Å². The molecule has 6 heteroatoms. The number of Topliss-reactive ketones (excluding diaryl/α,β-unsaturated/α-hetero) is 2. The first-order valence-electron chi connectivity index (χ1n) is 7.12. The van der Waals surface area contributed by atoms with Crippen LogP contribution in [-0.4, -0.2) is 18.7 Å². The van der Waals surface area contributed by atoms with Crippen molar-refractivity contribution in [2.75, 3.05) is 7.11 Å². The fourth-order valence-corrected chi connectivity index (χ4v) is 2.84. The van der Waals surface area contributed by atoms with Crippen LogP contribution in [0.4, 0.5) is 0 Å². The molecule has 0 aromatic heterocycles. The van der Waals surface area contributed by atoms with Gasteiger partial charge in [0.25, 0.3) is 0 Å². The van der Waals surface area contributed by atoms with E-state index in [-0.39, 0.29) is 74.0 Å². The summed E-state index contributed by atoms with van der Waals surface area (Å²) in [5.41, 5.74) is -1.25. The molecule has 0 bridgehead atoms. The van der Waals surface area contributed by atoms with Crippen LogP contribution in [-0.2, 0) is 5.41 Å². The number of nitrogens with zero attached hydrogens (tertiary/aromatic N) is 2. The van der Waals surface area contributed by atoms with Crippen molar-refractivity contribution in [3.05, 3.63) is 71.1 Å². The second-order valence-corrected chi connectivity index (χ2v) is 5.28. The van der Waals surface area contributed by atoms with Crippen LogP contribution in [0.3, 0.4) is 0 Å². The fourth-order valence-electron chi connectivity index (χ4n) is 2.84. The maximum Gasteiger partial charge on any atom is 1.00 e. The molecule has 0 saturated carbocycles. The number of nitriles is 2. The molecule has 0 spiro atoms. The van der Waals surface area contributed by atoms with Gasteiger partial charge in [-0.05, 0) is 23.6 Å². The minimum Gasteiger partial charge on any atom is -0.497 e. The molecular formula is C19H11KN2O3. The molecule has 1 aliphatic carbocycles. The van der Waals surface area contributed by atoms with E-state index in [0.29, 0.717) is 5.75 Å².